The molecule has 0 rings (SSSR count). The molecule has 2 atom stereocenters. The molecule has 0 aromatic heterocycles. The predicted octanol–water partition coefficient (Wildman–Crippen LogP) is 11.1. The Morgan fingerprint density at radius 1 is 0.596 bits per heavy atom. The number of rotatable bonds is 36. The summed E-state index contributed by atoms with van der Waals surface area (Å²) in [6, 6.07) is 0. The fourth-order valence-electron chi connectivity index (χ4n) is 4.90. The monoisotopic (exact) mass is 749 g/mol. The van der Waals surface area contributed by atoms with Crippen LogP contribution in [0.1, 0.15) is 149 Å². The Labute approximate surface area is 316 Å². The fourth-order valence-corrected chi connectivity index (χ4v) is 5.66. The average molecular weight is 750 g/mol. The van der Waals surface area contributed by atoms with Crippen LogP contribution in [-0.4, -0.2) is 49.3 Å². The Bertz CT molecular complexity index is 1080. The number of carbonyl (C=O) groups excluding carboxylic acids is 2. The van der Waals surface area contributed by atoms with Gasteiger partial charge in [0.1, 0.15) is 6.61 Å². The molecule has 52 heavy (non-hydrogen) atoms. The Hall–Kier alpha value is -2.55. The summed E-state index contributed by atoms with van der Waals surface area (Å²) < 4.78 is 32.6. The first-order chi connectivity index (χ1) is 25.3. The molecule has 0 aromatic rings. The van der Waals surface area contributed by atoms with Crippen LogP contribution >= 0.6 is 7.82 Å². The Kier molecular flexibility index (Phi) is 36.3. The van der Waals surface area contributed by atoms with Gasteiger partial charge < -0.3 is 20.1 Å². The van der Waals surface area contributed by atoms with Crippen molar-refractivity contribution < 1.29 is 37.6 Å². The van der Waals surface area contributed by atoms with Gasteiger partial charge in [0, 0.05) is 19.4 Å². The first-order valence-electron chi connectivity index (χ1n) is 19.9. The summed E-state index contributed by atoms with van der Waals surface area (Å²) in [6.45, 7) is 3.51. The molecule has 0 amide bonds. The maximum absolute atomic E-state index is 12.5. The first-order valence-corrected chi connectivity index (χ1v) is 21.4. The minimum Gasteiger partial charge on any atom is -0.462 e. The highest BCUT2D eigenvalue weighted by Gasteiger charge is 2.25. The summed E-state index contributed by atoms with van der Waals surface area (Å²) in [7, 11) is -4.39. The smallest absolute Gasteiger partial charge is 0.462 e. The molecule has 0 aliphatic carbocycles. The number of phosphoric ester groups is 1. The zero-order chi connectivity index (χ0) is 38.2. The molecule has 0 spiro atoms. The normalized spacial score (nSPS) is 14.2. The number of hydrogen-bond donors (Lipinski definition) is 2. The van der Waals surface area contributed by atoms with E-state index in [1.54, 1.807) is 0 Å². The van der Waals surface area contributed by atoms with Crippen LogP contribution in [0.15, 0.2) is 72.9 Å². The van der Waals surface area contributed by atoms with Crippen LogP contribution in [0.25, 0.3) is 0 Å². The SMILES string of the molecule is CC/C=C/C/C=C/C/C=C/C/C=C/C/C=C/CCCC(=O)O[C@H](COC(=O)CCCCCCC/C=C/CCCCCCC)COP(=O)(O)OCCN. The van der Waals surface area contributed by atoms with E-state index in [0.717, 1.165) is 64.2 Å². The molecule has 10 heteroatoms. The molecule has 1 unspecified atom stereocenters. The molecule has 0 saturated heterocycles. The highest BCUT2D eigenvalue weighted by molar-refractivity contribution is 7.47. The number of allylic oxidation sites excluding steroid dienone is 12. The van der Waals surface area contributed by atoms with E-state index in [0.29, 0.717) is 19.3 Å². The minimum absolute atomic E-state index is 0.0398. The van der Waals surface area contributed by atoms with E-state index in [4.69, 9.17) is 24.3 Å². The van der Waals surface area contributed by atoms with Gasteiger partial charge in [-0.15, -0.1) is 0 Å². The van der Waals surface area contributed by atoms with Crippen LogP contribution in [0.5, 0.6) is 0 Å². The van der Waals surface area contributed by atoms with Gasteiger partial charge in [-0.1, -0.05) is 132 Å². The number of hydrogen-bond acceptors (Lipinski definition) is 8. The van der Waals surface area contributed by atoms with E-state index in [-0.39, 0.29) is 32.6 Å². The third-order valence-corrected chi connectivity index (χ3v) is 8.81. The molecule has 0 aliphatic rings. The van der Waals surface area contributed by atoms with Gasteiger partial charge in [-0.25, -0.2) is 4.57 Å². The van der Waals surface area contributed by atoms with Crippen molar-refractivity contribution in [2.45, 2.75) is 155 Å². The molecule has 0 aliphatic heterocycles. The van der Waals surface area contributed by atoms with Gasteiger partial charge in [-0.2, -0.15) is 0 Å². The highest BCUT2D eigenvalue weighted by Crippen LogP contribution is 2.43. The van der Waals surface area contributed by atoms with Crippen LogP contribution < -0.4 is 5.73 Å². The van der Waals surface area contributed by atoms with Gasteiger partial charge in [0.2, 0.25) is 0 Å². The number of nitrogens with two attached hydrogens (primary N) is 1. The minimum atomic E-state index is -4.39. The van der Waals surface area contributed by atoms with E-state index >= 15 is 0 Å². The van der Waals surface area contributed by atoms with Crippen molar-refractivity contribution in [3.05, 3.63) is 72.9 Å². The second-order valence-corrected chi connectivity index (χ2v) is 14.2. The summed E-state index contributed by atoms with van der Waals surface area (Å²) in [5, 5.41) is 0. The van der Waals surface area contributed by atoms with Crippen molar-refractivity contribution in [2.24, 2.45) is 5.73 Å². The fraction of sp³-hybridized carbons (Fsp3) is 0.667. The number of carbonyl (C=O) groups is 2. The second kappa shape index (κ2) is 38.2. The number of phosphoric acid groups is 1. The Morgan fingerprint density at radius 2 is 1.08 bits per heavy atom. The quantitative estimate of drug-likeness (QED) is 0.0278. The topological polar surface area (TPSA) is 134 Å². The first kappa shape index (κ1) is 49.5. The molecular formula is C42H72NO8P. The van der Waals surface area contributed by atoms with Crippen molar-refractivity contribution >= 4 is 19.8 Å². The summed E-state index contributed by atoms with van der Waals surface area (Å²) >= 11 is 0. The van der Waals surface area contributed by atoms with Crippen molar-refractivity contribution in [3.8, 4) is 0 Å². The van der Waals surface area contributed by atoms with Crippen molar-refractivity contribution in [1.82, 2.24) is 0 Å². The largest absolute Gasteiger partial charge is 0.472 e. The lowest BCUT2D eigenvalue weighted by atomic mass is 10.1. The number of ether oxygens (including phenoxy) is 2. The van der Waals surface area contributed by atoms with Crippen molar-refractivity contribution in [1.29, 1.82) is 0 Å². The van der Waals surface area contributed by atoms with E-state index in [2.05, 4.69) is 80.7 Å². The third-order valence-electron chi connectivity index (χ3n) is 7.83. The Balaban J connectivity index is 4.34. The molecular weight excluding hydrogens is 677 g/mol. The van der Waals surface area contributed by atoms with Gasteiger partial charge in [-0.05, 0) is 77.0 Å². The summed E-state index contributed by atoms with van der Waals surface area (Å²) in [4.78, 5) is 34.7. The van der Waals surface area contributed by atoms with Gasteiger partial charge in [0.05, 0.1) is 13.2 Å². The number of esters is 2. The van der Waals surface area contributed by atoms with Crippen LogP contribution in [0.4, 0.5) is 0 Å². The molecule has 0 aromatic carbocycles. The van der Waals surface area contributed by atoms with E-state index in [1.165, 1.54) is 38.5 Å². The number of unbranched alkanes of at least 4 members (excludes halogenated alkanes) is 11. The standard InChI is InChI=1S/C42H72NO8P/c1-3-5-7-9-11-13-15-17-19-20-21-23-25-27-29-31-33-35-42(45)51-40(39-50-52(46,47)49-37-36-43)38-48-41(44)34-32-30-28-26-24-22-18-16-14-12-10-8-6-4-2/h5,7,11,13,16-19,21,23,27,29,40H,3-4,6,8-10,12,14-15,20,22,24-26,28,30-39,43H2,1-2H3,(H,46,47)/b7-5+,13-11+,18-16+,19-17+,23-21+,29-27+/t40-/m1/s1. The molecule has 9 nitrogen and oxygen atoms in total. The maximum atomic E-state index is 12.5. The molecule has 0 bridgehead atoms. The van der Waals surface area contributed by atoms with Crippen LogP contribution in [0.3, 0.4) is 0 Å². The summed E-state index contributed by atoms with van der Waals surface area (Å²) in [5.41, 5.74) is 5.33. The molecule has 298 valence electrons. The van der Waals surface area contributed by atoms with Gasteiger partial charge >= 0.3 is 19.8 Å². The van der Waals surface area contributed by atoms with E-state index in [9.17, 15) is 19.0 Å². The van der Waals surface area contributed by atoms with Crippen molar-refractivity contribution in [3.63, 3.8) is 0 Å². The summed E-state index contributed by atoms with van der Waals surface area (Å²) in [6.07, 6.45) is 45.1. The zero-order valence-electron chi connectivity index (χ0n) is 32.5. The van der Waals surface area contributed by atoms with Crippen LogP contribution in [-0.2, 0) is 32.7 Å². The molecule has 0 fully saturated rings. The lowest BCUT2D eigenvalue weighted by molar-refractivity contribution is -0.161. The van der Waals surface area contributed by atoms with Crippen LogP contribution in [0.2, 0.25) is 0 Å². The molecule has 0 heterocycles. The zero-order valence-corrected chi connectivity index (χ0v) is 33.4. The highest BCUT2D eigenvalue weighted by atomic mass is 31.2. The Morgan fingerprint density at radius 3 is 1.65 bits per heavy atom. The van der Waals surface area contributed by atoms with Gasteiger partial charge in [0.25, 0.3) is 0 Å². The van der Waals surface area contributed by atoms with Crippen molar-refractivity contribution in [2.75, 3.05) is 26.4 Å². The van der Waals surface area contributed by atoms with E-state index in [1.807, 2.05) is 6.08 Å². The predicted molar refractivity (Wildman–Crippen MR) is 215 cm³/mol. The summed E-state index contributed by atoms with van der Waals surface area (Å²) in [5.74, 6) is -0.914. The van der Waals surface area contributed by atoms with Gasteiger partial charge in [-0.3, -0.25) is 18.6 Å². The molecule has 0 radical (unpaired) electrons. The second-order valence-electron chi connectivity index (χ2n) is 12.8. The third kappa shape index (κ3) is 37.2. The van der Waals surface area contributed by atoms with E-state index < -0.39 is 32.5 Å². The van der Waals surface area contributed by atoms with Crippen LogP contribution in [0, 0.1) is 0 Å². The molecule has 0 saturated carbocycles. The molecule has 3 N–H and O–H groups in total. The maximum Gasteiger partial charge on any atom is 0.472 e. The lowest BCUT2D eigenvalue weighted by Crippen LogP contribution is -2.29. The average Bonchev–Trinajstić information content (AvgIpc) is 3.13. The lowest BCUT2D eigenvalue weighted by Gasteiger charge is -2.19. The van der Waals surface area contributed by atoms with Gasteiger partial charge in [0.15, 0.2) is 6.10 Å².